The molecule has 0 N–H and O–H groups in total. The van der Waals surface area contributed by atoms with Crippen LogP contribution in [0.1, 0.15) is 40.6 Å². The third-order valence-electron chi connectivity index (χ3n) is 8.51. The van der Waals surface area contributed by atoms with Gasteiger partial charge in [0, 0.05) is 34.7 Å². The number of fused-ring (bicyclic) bond motifs is 3. The summed E-state index contributed by atoms with van der Waals surface area (Å²) in [4.78, 5) is 4.72. The normalized spacial score (nSPS) is 11.5. The van der Waals surface area contributed by atoms with Gasteiger partial charge >= 0.3 is 0 Å². The number of aromatic nitrogens is 4. The number of aryl methyl sites for hydroxylation is 5. The highest BCUT2D eigenvalue weighted by molar-refractivity contribution is 6.09. The summed E-state index contributed by atoms with van der Waals surface area (Å²) in [7, 11) is 0. The van der Waals surface area contributed by atoms with E-state index in [4.69, 9.17) is 14.8 Å². The Morgan fingerprint density at radius 1 is 0.659 bits per heavy atom. The summed E-state index contributed by atoms with van der Waals surface area (Å²) in [6, 6.07) is 31.8. The van der Waals surface area contributed by atoms with E-state index in [1.54, 1.807) is 0 Å². The van der Waals surface area contributed by atoms with Gasteiger partial charge in [-0.25, -0.2) is 9.67 Å². The largest absolute Gasteiger partial charge is 0.457 e. The Labute approximate surface area is 258 Å². The number of pyridine rings is 1. The molecule has 4 aromatic carbocycles. The van der Waals surface area contributed by atoms with Crippen LogP contribution in [-0.2, 0) is 6.42 Å². The van der Waals surface area contributed by atoms with Gasteiger partial charge in [-0.05, 0) is 111 Å². The van der Waals surface area contributed by atoms with Gasteiger partial charge in [-0.2, -0.15) is 5.10 Å². The maximum Gasteiger partial charge on any atom is 0.137 e. The van der Waals surface area contributed by atoms with Crippen LogP contribution in [0.3, 0.4) is 0 Å². The number of ether oxygens (including phenoxy) is 1. The minimum absolute atomic E-state index is 0.773. The molecule has 0 radical (unpaired) electrons. The molecule has 0 aliphatic rings. The summed E-state index contributed by atoms with van der Waals surface area (Å²) in [6.07, 6.45) is 2.73. The first-order valence-corrected chi connectivity index (χ1v) is 15.2. The lowest BCUT2D eigenvalue weighted by molar-refractivity contribution is 0.482. The van der Waals surface area contributed by atoms with Crippen molar-refractivity contribution in [3.63, 3.8) is 0 Å². The smallest absolute Gasteiger partial charge is 0.137 e. The van der Waals surface area contributed by atoms with Gasteiger partial charge in [0.25, 0.3) is 0 Å². The van der Waals surface area contributed by atoms with Crippen LogP contribution in [0.2, 0.25) is 0 Å². The molecule has 44 heavy (non-hydrogen) atoms. The van der Waals surface area contributed by atoms with Crippen molar-refractivity contribution in [3.05, 3.63) is 131 Å². The van der Waals surface area contributed by atoms with E-state index in [9.17, 15) is 0 Å². The first-order valence-electron chi connectivity index (χ1n) is 15.2. The maximum absolute atomic E-state index is 6.60. The molecule has 0 amide bonds. The summed E-state index contributed by atoms with van der Waals surface area (Å²) in [5.74, 6) is 2.45. The molecule has 0 aliphatic carbocycles. The van der Waals surface area contributed by atoms with Crippen molar-refractivity contribution in [2.45, 2.75) is 48.0 Å². The van der Waals surface area contributed by atoms with Crippen molar-refractivity contribution in [2.75, 3.05) is 0 Å². The zero-order valence-corrected chi connectivity index (χ0v) is 26.1. The molecule has 3 aromatic heterocycles. The number of para-hydroxylation sites is 1. The molecule has 0 fully saturated rings. The van der Waals surface area contributed by atoms with E-state index in [1.807, 2.05) is 12.3 Å². The van der Waals surface area contributed by atoms with Crippen molar-refractivity contribution >= 4 is 21.8 Å². The van der Waals surface area contributed by atoms with E-state index in [1.165, 1.54) is 44.3 Å². The molecule has 218 valence electrons. The van der Waals surface area contributed by atoms with Crippen LogP contribution in [0.15, 0.2) is 97.2 Å². The fourth-order valence-electron chi connectivity index (χ4n) is 6.60. The lowest BCUT2D eigenvalue weighted by Gasteiger charge is -2.14. The van der Waals surface area contributed by atoms with Crippen molar-refractivity contribution in [1.82, 2.24) is 19.3 Å². The minimum Gasteiger partial charge on any atom is -0.457 e. The van der Waals surface area contributed by atoms with Crippen molar-refractivity contribution in [3.8, 4) is 34.1 Å². The monoisotopic (exact) mass is 576 g/mol. The molecule has 7 aromatic rings. The second kappa shape index (κ2) is 10.8. The lowest BCUT2D eigenvalue weighted by Crippen LogP contribution is -2.03. The lowest BCUT2D eigenvalue weighted by atomic mass is 9.93. The molecule has 0 saturated carbocycles. The fraction of sp³-hybridized carbons (Fsp3) is 0.179. The van der Waals surface area contributed by atoms with Crippen LogP contribution >= 0.6 is 0 Å². The molecule has 0 atom stereocenters. The number of benzene rings is 4. The molecule has 3 heterocycles. The zero-order chi connectivity index (χ0) is 30.5. The summed E-state index contributed by atoms with van der Waals surface area (Å²) in [5.41, 5.74) is 12.7. The van der Waals surface area contributed by atoms with Gasteiger partial charge in [0.1, 0.15) is 17.3 Å². The first kappa shape index (κ1) is 27.7. The van der Waals surface area contributed by atoms with Crippen LogP contribution in [0, 0.1) is 34.6 Å². The van der Waals surface area contributed by atoms with E-state index in [-0.39, 0.29) is 0 Å². The van der Waals surface area contributed by atoms with Gasteiger partial charge < -0.3 is 4.74 Å². The van der Waals surface area contributed by atoms with Crippen LogP contribution < -0.4 is 4.74 Å². The predicted molar refractivity (Wildman–Crippen MR) is 181 cm³/mol. The van der Waals surface area contributed by atoms with Crippen molar-refractivity contribution < 1.29 is 4.74 Å². The Kier molecular flexibility index (Phi) is 6.81. The van der Waals surface area contributed by atoms with Crippen molar-refractivity contribution in [1.29, 1.82) is 0 Å². The molecular weight excluding hydrogens is 540 g/mol. The Bertz CT molecular complexity index is 2180. The van der Waals surface area contributed by atoms with Crippen LogP contribution in [0.4, 0.5) is 0 Å². The topological polar surface area (TPSA) is 44.9 Å². The Morgan fingerprint density at radius 2 is 1.43 bits per heavy atom. The second-order valence-corrected chi connectivity index (χ2v) is 11.8. The van der Waals surface area contributed by atoms with Crippen LogP contribution in [-0.4, -0.2) is 19.3 Å². The van der Waals surface area contributed by atoms with E-state index in [2.05, 4.69) is 136 Å². The molecule has 7 rings (SSSR count). The number of rotatable bonds is 6. The Hall–Kier alpha value is -5.16. The quantitative estimate of drug-likeness (QED) is 0.198. The molecular formula is C39H36N4O. The highest BCUT2D eigenvalue weighted by Crippen LogP contribution is 2.37. The third-order valence-corrected chi connectivity index (χ3v) is 8.51. The van der Waals surface area contributed by atoms with E-state index < -0.39 is 0 Å². The molecule has 0 saturated heterocycles. The average Bonchev–Trinajstić information content (AvgIpc) is 3.51. The Morgan fingerprint density at radius 3 is 2.20 bits per heavy atom. The maximum atomic E-state index is 6.60. The van der Waals surface area contributed by atoms with E-state index >= 15 is 0 Å². The molecule has 0 unspecified atom stereocenters. The summed E-state index contributed by atoms with van der Waals surface area (Å²) in [6.45, 7) is 12.9. The summed E-state index contributed by atoms with van der Waals surface area (Å²) in [5, 5.41) is 7.43. The predicted octanol–water partition coefficient (Wildman–Crippen LogP) is 9.93. The van der Waals surface area contributed by atoms with Gasteiger partial charge in [0.2, 0.25) is 0 Å². The van der Waals surface area contributed by atoms with E-state index in [0.29, 0.717) is 0 Å². The number of nitrogens with zero attached hydrogens (tertiary/aromatic N) is 4. The average molecular weight is 577 g/mol. The second-order valence-electron chi connectivity index (χ2n) is 11.8. The summed E-state index contributed by atoms with van der Waals surface area (Å²) >= 11 is 0. The molecule has 0 bridgehead atoms. The molecule has 5 heteroatoms. The SMILES string of the molecule is CCc1c(-c2c(C)cccc2C)c(C)nn1-c1cc(C)cc(Oc2ccc3c4ccccc4n(-c4cc(C)ccn4)c3c2)c1. The molecule has 0 aliphatic heterocycles. The van der Waals surface area contributed by atoms with Gasteiger partial charge in [-0.1, -0.05) is 43.3 Å². The van der Waals surface area contributed by atoms with Crippen LogP contribution in [0.5, 0.6) is 11.5 Å². The standard InChI is InChI=1S/C39H36N4O/c1-7-34-39(38-26(4)11-10-12-27(38)5)28(6)41-43(34)29-19-25(3)20-31(22-29)44-30-15-16-33-32-13-8-9-14-35(32)42(36(33)23-30)37-21-24(2)17-18-40-37/h8-23H,7H2,1-6H3. The van der Waals surface area contributed by atoms with Gasteiger partial charge in [0.05, 0.1) is 28.1 Å². The first-order chi connectivity index (χ1) is 21.3. The summed E-state index contributed by atoms with van der Waals surface area (Å²) < 4.78 is 10.9. The third kappa shape index (κ3) is 4.65. The minimum atomic E-state index is 0.773. The highest BCUT2D eigenvalue weighted by Gasteiger charge is 2.20. The van der Waals surface area contributed by atoms with Gasteiger partial charge in [-0.15, -0.1) is 0 Å². The number of hydrogen-bond donors (Lipinski definition) is 0. The van der Waals surface area contributed by atoms with Crippen molar-refractivity contribution in [2.24, 2.45) is 0 Å². The van der Waals surface area contributed by atoms with Gasteiger partial charge in [-0.3, -0.25) is 4.57 Å². The van der Waals surface area contributed by atoms with E-state index in [0.717, 1.165) is 51.7 Å². The fourth-order valence-corrected chi connectivity index (χ4v) is 6.60. The zero-order valence-electron chi connectivity index (χ0n) is 26.1. The molecule has 0 spiro atoms. The number of hydrogen-bond acceptors (Lipinski definition) is 3. The Balaban J connectivity index is 1.33. The highest BCUT2D eigenvalue weighted by atomic mass is 16.5. The molecule has 5 nitrogen and oxygen atoms in total. The van der Waals surface area contributed by atoms with Crippen LogP contribution in [0.25, 0.3) is 44.4 Å². The van der Waals surface area contributed by atoms with Gasteiger partial charge in [0.15, 0.2) is 0 Å².